The van der Waals surface area contributed by atoms with Crippen LogP contribution in [-0.4, -0.2) is 29.7 Å². The summed E-state index contributed by atoms with van der Waals surface area (Å²) in [4.78, 5) is 0. The van der Waals surface area contributed by atoms with Gasteiger partial charge in [-0.15, -0.1) is 0 Å². The second-order valence-corrected chi connectivity index (χ2v) is 5.94. The van der Waals surface area contributed by atoms with Gasteiger partial charge in [0, 0.05) is 23.5 Å². The monoisotopic (exact) mass is 246 g/mol. The summed E-state index contributed by atoms with van der Waals surface area (Å²) in [7, 11) is 1.17. The molecule has 0 aliphatic heterocycles. The highest BCUT2D eigenvalue weighted by Crippen LogP contribution is 2.20. The van der Waals surface area contributed by atoms with E-state index in [1.54, 1.807) is 0 Å². The molecule has 1 atom stereocenters. The molecule has 3 heteroatoms. The molecule has 1 unspecified atom stereocenters. The molecule has 0 aliphatic carbocycles. The van der Waals surface area contributed by atoms with Crippen LogP contribution in [0.1, 0.15) is 59.3 Å². The maximum Gasteiger partial charge on any atom is 0.157 e. The van der Waals surface area contributed by atoms with E-state index in [1.807, 2.05) is 13.8 Å². The molecule has 0 bridgehead atoms. The van der Waals surface area contributed by atoms with Gasteiger partial charge in [-0.3, -0.25) is 0 Å². The van der Waals surface area contributed by atoms with Crippen LogP contribution in [0.2, 0.25) is 5.54 Å². The summed E-state index contributed by atoms with van der Waals surface area (Å²) < 4.78 is 11.3. The van der Waals surface area contributed by atoms with Crippen molar-refractivity contribution in [2.24, 2.45) is 0 Å². The van der Waals surface area contributed by atoms with Crippen LogP contribution in [0.25, 0.3) is 0 Å². The Morgan fingerprint density at radius 3 is 1.94 bits per heavy atom. The summed E-state index contributed by atoms with van der Waals surface area (Å²) in [5, 5.41) is 0. The average Bonchev–Trinajstić information content (AvgIpc) is 2.28. The van der Waals surface area contributed by atoms with Gasteiger partial charge in [0.2, 0.25) is 0 Å². The molecule has 0 fully saturated rings. The molecule has 0 aromatic carbocycles. The van der Waals surface area contributed by atoms with E-state index in [0.29, 0.717) is 5.54 Å². The van der Waals surface area contributed by atoms with Gasteiger partial charge in [-0.1, -0.05) is 39.0 Å². The third-order valence-electron chi connectivity index (χ3n) is 2.89. The van der Waals surface area contributed by atoms with Crippen molar-refractivity contribution in [3.63, 3.8) is 0 Å². The smallest absolute Gasteiger partial charge is 0.157 e. The summed E-state index contributed by atoms with van der Waals surface area (Å²) in [6.07, 6.45) is 8.14. The van der Waals surface area contributed by atoms with Crippen molar-refractivity contribution >= 4 is 10.2 Å². The lowest BCUT2D eigenvalue weighted by Crippen LogP contribution is -2.23. The Hall–Kier alpha value is 0.137. The first-order chi connectivity index (χ1) is 7.76. The standard InChI is InChI=1S/C13H30O2Si/c1-4-7-8-9-10-11-12(16)13(14-5-2)15-6-3/h12-13H,4-11H2,1-3,16H3. The van der Waals surface area contributed by atoms with Crippen LogP contribution in [0.15, 0.2) is 0 Å². The molecule has 2 nitrogen and oxygen atoms in total. The zero-order valence-corrected chi connectivity index (χ0v) is 13.6. The highest BCUT2D eigenvalue weighted by atomic mass is 28.1. The fourth-order valence-electron chi connectivity index (χ4n) is 1.91. The van der Waals surface area contributed by atoms with Gasteiger partial charge in [-0.05, 0) is 25.8 Å². The van der Waals surface area contributed by atoms with Gasteiger partial charge in [0.15, 0.2) is 6.29 Å². The van der Waals surface area contributed by atoms with Crippen LogP contribution in [-0.2, 0) is 9.47 Å². The fourth-order valence-corrected chi connectivity index (χ4v) is 2.70. The van der Waals surface area contributed by atoms with Gasteiger partial charge < -0.3 is 9.47 Å². The minimum absolute atomic E-state index is 0.0628. The Balaban J connectivity index is 3.60. The molecular weight excluding hydrogens is 216 g/mol. The zero-order valence-electron chi connectivity index (χ0n) is 11.6. The number of rotatable bonds is 11. The molecule has 98 valence electrons. The highest BCUT2D eigenvalue weighted by Gasteiger charge is 2.16. The second-order valence-electron chi connectivity index (χ2n) is 4.46. The molecule has 16 heavy (non-hydrogen) atoms. The van der Waals surface area contributed by atoms with Crippen molar-refractivity contribution in [2.45, 2.75) is 71.1 Å². The maximum absolute atomic E-state index is 5.63. The highest BCUT2D eigenvalue weighted by molar-refractivity contribution is 6.11. The summed E-state index contributed by atoms with van der Waals surface area (Å²) >= 11 is 0. The van der Waals surface area contributed by atoms with Crippen LogP contribution >= 0.6 is 0 Å². The molecule has 0 aromatic rings. The van der Waals surface area contributed by atoms with E-state index in [2.05, 4.69) is 6.92 Å². The second kappa shape index (κ2) is 11.6. The van der Waals surface area contributed by atoms with E-state index < -0.39 is 0 Å². The van der Waals surface area contributed by atoms with Crippen LogP contribution in [0, 0.1) is 0 Å². The van der Waals surface area contributed by atoms with Gasteiger partial charge in [0.25, 0.3) is 0 Å². The number of hydrogen-bond acceptors (Lipinski definition) is 2. The normalized spacial score (nSPS) is 13.5. The third-order valence-corrected chi connectivity index (χ3v) is 4.01. The van der Waals surface area contributed by atoms with Gasteiger partial charge in [-0.25, -0.2) is 0 Å². The number of hydrogen-bond donors (Lipinski definition) is 0. The van der Waals surface area contributed by atoms with E-state index in [0.717, 1.165) is 13.2 Å². The Bertz CT molecular complexity index is 136. The van der Waals surface area contributed by atoms with Crippen molar-refractivity contribution in [3.8, 4) is 0 Å². The van der Waals surface area contributed by atoms with E-state index in [4.69, 9.17) is 9.47 Å². The summed E-state index contributed by atoms with van der Waals surface area (Å²) in [6, 6.07) is 0. The first-order valence-corrected chi connectivity index (χ1v) is 8.14. The molecule has 0 saturated heterocycles. The van der Waals surface area contributed by atoms with Crippen molar-refractivity contribution in [1.82, 2.24) is 0 Å². The first-order valence-electron chi connectivity index (χ1n) is 6.99. The molecule has 0 heterocycles. The summed E-state index contributed by atoms with van der Waals surface area (Å²) in [5.41, 5.74) is 0.654. The predicted molar refractivity (Wildman–Crippen MR) is 74.1 cm³/mol. The molecule has 0 amide bonds. The van der Waals surface area contributed by atoms with Crippen LogP contribution < -0.4 is 0 Å². The van der Waals surface area contributed by atoms with Gasteiger partial charge >= 0.3 is 0 Å². The largest absolute Gasteiger partial charge is 0.353 e. The van der Waals surface area contributed by atoms with E-state index in [1.165, 1.54) is 48.8 Å². The molecule has 0 aromatic heterocycles. The molecule has 0 radical (unpaired) electrons. The molecule has 0 N–H and O–H groups in total. The van der Waals surface area contributed by atoms with Gasteiger partial charge in [0.05, 0.1) is 0 Å². The van der Waals surface area contributed by atoms with E-state index in [9.17, 15) is 0 Å². The van der Waals surface area contributed by atoms with E-state index >= 15 is 0 Å². The zero-order chi connectivity index (χ0) is 12.2. The summed E-state index contributed by atoms with van der Waals surface area (Å²) in [5.74, 6) is 0. The van der Waals surface area contributed by atoms with Crippen molar-refractivity contribution < 1.29 is 9.47 Å². The lowest BCUT2D eigenvalue weighted by molar-refractivity contribution is -0.139. The molecular formula is C13H30O2Si. The first kappa shape index (κ1) is 16.1. The maximum atomic E-state index is 5.63. The Labute approximate surface area is 105 Å². The molecule has 0 spiro atoms. The lowest BCUT2D eigenvalue weighted by Gasteiger charge is -2.23. The Kier molecular flexibility index (Phi) is 11.7. The van der Waals surface area contributed by atoms with E-state index in [-0.39, 0.29) is 6.29 Å². The van der Waals surface area contributed by atoms with Crippen molar-refractivity contribution in [3.05, 3.63) is 0 Å². The number of ether oxygens (including phenoxy) is 2. The van der Waals surface area contributed by atoms with Crippen LogP contribution in [0.3, 0.4) is 0 Å². The molecule has 0 aliphatic rings. The lowest BCUT2D eigenvalue weighted by atomic mass is 10.1. The van der Waals surface area contributed by atoms with Gasteiger partial charge in [-0.2, -0.15) is 0 Å². The number of unbranched alkanes of at least 4 members (excludes halogenated alkanes) is 4. The predicted octanol–water partition coefficient (Wildman–Crippen LogP) is 2.90. The Morgan fingerprint density at radius 1 is 0.875 bits per heavy atom. The topological polar surface area (TPSA) is 18.5 Å². The fraction of sp³-hybridized carbons (Fsp3) is 1.00. The SMILES string of the molecule is CCCCCCCC([SiH3])C(OCC)OCC. The average molecular weight is 246 g/mol. The minimum atomic E-state index is 0.0628. The van der Waals surface area contributed by atoms with Crippen molar-refractivity contribution in [2.75, 3.05) is 13.2 Å². The summed E-state index contributed by atoms with van der Waals surface area (Å²) in [6.45, 7) is 7.87. The minimum Gasteiger partial charge on any atom is -0.353 e. The van der Waals surface area contributed by atoms with Crippen molar-refractivity contribution in [1.29, 1.82) is 0 Å². The van der Waals surface area contributed by atoms with Crippen LogP contribution in [0.4, 0.5) is 0 Å². The van der Waals surface area contributed by atoms with Gasteiger partial charge in [0.1, 0.15) is 0 Å². The third kappa shape index (κ3) is 8.31. The quantitative estimate of drug-likeness (QED) is 0.317. The molecule has 0 saturated carbocycles. The molecule has 0 rings (SSSR count). The van der Waals surface area contributed by atoms with Crippen LogP contribution in [0.5, 0.6) is 0 Å². The Morgan fingerprint density at radius 2 is 1.44 bits per heavy atom.